The number of aliphatic hydroxyl groups excluding tert-OH is 2. The smallest absolute Gasteiger partial charge is 0.398 e. The van der Waals surface area contributed by atoms with Gasteiger partial charge in [-0.05, 0) is 10.4 Å². The monoisotopic (exact) mass is 444 g/mol. The molecule has 0 amide bonds. The number of thiol groups is 1. The van der Waals surface area contributed by atoms with Crippen LogP contribution in [0.25, 0.3) is 0 Å². The van der Waals surface area contributed by atoms with Gasteiger partial charge in [-0.2, -0.15) is 12.6 Å². The van der Waals surface area contributed by atoms with Crippen molar-refractivity contribution < 1.29 is 27.9 Å². The first-order valence-electron chi connectivity index (χ1n) is 8.56. The topological polar surface area (TPSA) is 77.4 Å². The molecule has 2 aromatic carbocycles. The first-order valence-corrected chi connectivity index (χ1v) is 13.2. The second kappa shape index (κ2) is 14.9. The highest BCUT2D eigenvalue weighted by atomic mass is 32.1. The van der Waals surface area contributed by atoms with Crippen molar-refractivity contribution in [1.29, 1.82) is 0 Å². The predicted octanol–water partition coefficient (Wildman–Crippen LogP) is 0.866. The summed E-state index contributed by atoms with van der Waals surface area (Å²) in [4.78, 5) is 0. The Bertz CT molecular complexity index is 538. The first kappa shape index (κ1) is 27.0. The molecule has 0 saturated heterocycles. The molecule has 0 aliphatic rings. The third-order valence-electron chi connectivity index (χ3n) is 4.16. The Morgan fingerprint density at radius 2 is 1.00 bits per heavy atom. The van der Waals surface area contributed by atoms with E-state index in [9.17, 15) is 5.11 Å². The van der Waals surface area contributed by atoms with Crippen LogP contribution in [-0.2, 0) is 17.7 Å². The van der Waals surface area contributed by atoms with Gasteiger partial charge in [-0.1, -0.05) is 60.7 Å². The lowest BCUT2D eigenvalue weighted by Gasteiger charge is -2.25. The second-order valence-electron chi connectivity index (χ2n) is 5.37. The molecule has 2 N–H and O–H groups in total. The minimum absolute atomic E-state index is 0.0655. The fourth-order valence-electron chi connectivity index (χ4n) is 2.46. The minimum Gasteiger partial charge on any atom is -0.400 e. The van der Waals surface area contributed by atoms with Crippen LogP contribution in [0.2, 0.25) is 0 Å². The van der Waals surface area contributed by atoms with Crippen molar-refractivity contribution in [2.24, 2.45) is 0 Å². The largest absolute Gasteiger partial charge is 0.400 e. The average molecular weight is 445 g/mol. The van der Waals surface area contributed by atoms with E-state index in [0.717, 1.165) is 17.5 Å². The molecule has 0 spiro atoms. The van der Waals surface area contributed by atoms with Crippen LogP contribution in [0.15, 0.2) is 60.7 Å². The molecule has 0 fully saturated rings. The molecule has 28 heavy (non-hydrogen) atoms. The van der Waals surface area contributed by atoms with E-state index in [2.05, 4.69) is 12.6 Å². The minimum atomic E-state index is -2.54. The van der Waals surface area contributed by atoms with Gasteiger partial charge in [0.1, 0.15) is 0 Å². The van der Waals surface area contributed by atoms with E-state index in [4.69, 9.17) is 22.8 Å². The molecular weight excluding hydrogens is 412 g/mol. The van der Waals surface area contributed by atoms with Gasteiger partial charge in [0.2, 0.25) is 0 Å². The molecule has 2 aromatic rings. The molecule has 0 saturated carbocycles. The van der Waals surface area contributed by atoms with E-state index in [-0.39, 0.29) is 6.23 Å². The average Bonchev–Trinajstić information content (AvgIpc) is 2.80. The van der Waals surface area contributed by atoms with Gasteiger partial charge in [-0.15, -0.1) is 0 Å². The Hall–Kier alpha value is -1.02. The van der Waals surface area contributed by atoms with Gasteiger partial charge in [-0.3, -0.25) is 0 Å². The zero-order valence-electron chi connectivity index (χ0n) is 17.2. The lowest BCUT2D eigenvalue weighted by Crippen LogP contribution is -2.56. The van der Waals surface area contributed by atoms with E-state index < -0.39 is 17.1 Å². The van der Waals surface area contributed by atoms with Gasteiger partial charge in [0, 0.05) is 40.9 Å². The van der Waals surface area contributed by atoms with Crippen molar-refractivity contribution in [3.63, 3.8) is 0 Å². The van der Waals surface area contributed by atoms with Crippen LogP contribution in [-0.4, -0.2) is 74.5 Å². The van der Waals surface area contributed by atoms with Crippen molar-refractivity contribution >= 4 is 40.1 Å². The van der Waals surface area contributed by atoms with Gasteiger partial charge in [0.25, 0.3) is 0 Å². The molecular formula is C19H32O6SSi2. The van der Waals surface area contributed by atoms with Gasteiger partial charge >= 0.3 is 17.1 Å². The van der Waals surface area contributed by atoms with E-state index in [1.54, 1.807) is 28.4 Å². The van der Waals surface area contributed by atoms with Crippen molar-refractivity contribution in [2.75, 3.05) is 47.2 Å². The molecule has 0 atom stereocenters. The lowest BCUT2D eigenvalue weighted by molar-refractivity contribution is 0.211. The molecule has 0 aromatic heterocycles. The summed E-state index contributed by atoms with van der Waals surface area (Å²) in [5.74, 6) is 0. The number of aliphatic hydroxyl groups is 2. The summed E-state index contributed by atoms with van der Waals surface area (Å²) in [6, 6.07) is 19.6. The summed E-state index contributed by atoms with van der Waals surface area (Å²) in [7, 11) is 2.73. The van der Waals surface area contributed by atoms with E-state index in [0.29, 0.717) is 5.38 Å². The number of rotatable bonds is 8. The summed E-state index contributed by atoms with van der Waals surface area (Å²) in [6.45, 7) is 0. The van der Waals surface area contributed by atoms with E-state index in [1.165, 1.54) is 0 Å². The number of hydrogen-bond donors (Lipinski definition) is 3. The Balaban J connectivity index is 0.000000478. The molecule has 0 radical (unpaired) electrons. The zero-order chi connectivity index (χ0) is 21.5. The van der Waals surface area contributed by atoms with Gasteiger partial charge in [0.05, 0.1) is 6.23 Å². The van der Waals surface area contributed by atoms with Crippen LogP contribution in [0.1, 0.15) is 0 Å². The van der Waals surface area contributed by atoms with Crippen LogP contribution < -0.4 is 10.4 Å². The van der Waals surface area contributed by atoms with Crippen LogP contribution in [0.3, 0.4) is 0 Å². The van der Waals surface area contributed by atoms with Crippen LogP contribution in [0.5, 0.6) is 0 Å². The van der Waals surface area contributed by atoms with E-state index >= 15 is 0 Å². The number of benzene rings is 2. The highest BCUT2D eigenvalue weighted by Crippen LogP contribution is 2.07. The molecule has 158 valence electrons. The summed E-state index contributed by atoms with van der Waals surface area (Å²) >= 11 is 4.28. The Labute approximate surface area is 176 Å². The van der Waals surface area contributed by atoms with Crippen LogP contribution in [0.4, 0.5) is 0 Å². The highest BCUT2D eigenvalue weighted by Gasteiger charge is 2.37. The molecule has 6 nitrogen and oxygen atoms in total. The standard InChI is InChI=1S/C9H14O3Si.C9H14O2SSi.CH4O/c1-11-13(8-10,12-2)9-6-4-3-5-7-9;1-10-13(8-12,11-2)9-6-4-3-5-7-9;1-2/h3-7,10H,8H2,1-2H3;3-7,12H,8H2,1-2H3;2H,1H3. The normalized spacial score (nSPS) is 11.0. The van der Waals surface area contributed by atoms with Gasteiger partial charge in [0.15, 0.2) is 0 Å². The third kappa shape index (κ3) is 7.10. The highest BCUT2D eigenvalue weighted by molar-refractivity contribution is 7.82. The summed E-state index contributed by atoms with van der Waals surface area (Å²) < 4.78 is 21.5. The second-order valence-corrected chi connectivity index (χ2v) is 12.8. The van der Waals surface area contributed by atoms with Crippen molar-refractivity contribution in [3.05, 3.63) is 60.7 Å². The summed E-state index contributed by atoms with van der Waals surface area (Å²) in [6.07, 6.45) is -0.0655. The maximum absolute atomic E-state index is 9.24. The molecule has 0 aliphatic heterocycles. The third-order valence-corrected chi connectivity index (χ3v) is 11.3. The van der Waals surface area contributed by atoms with Gasteiger partial charge < -0.3 is 27.9 Å². The Kier molecular flexibility index (Phi) is 14.4. The maximum Gasteiger partial charge on any atom is 0.398 e. The SMILES string of the molecule is CO.CO[Si](CO)(OC)c1ccccc1.CO[Si](CS)(OC)c1ccccc1. The molecule has 0 unspecified atom stereocenters. The maximum atomic E-state index is 9.24. The molecule has 0 aliphatic carbocycles. The molecule has 9 heteroatoms. The summed E-state index contributed by atoms with van der Waals surface area (Å²) in [5, 5.41) is 18.9. The molecule has 2 rings (SSSR count). The van der Waals surface area contributed by atoms with Gasteiger partial charge in [-0.25, -0.2) is 0 Å². The van der Waals surface area contributed by atoms with Crippen molar-refractivity contribution in [2.45, 2.75) is 0 Å². The lowest BCUT2D eigenvalue weighted by atomic mass is 10.4. The molecule has 0 heterocycles. The summed E-state index contributed by atoms with van der Waals surface area (Å²) in [5.41, 5.74) is 0. The predicted molar refractivity (Wildman–Crippen MR) is 121 cm³/mol. The Morgan fingerprint density at radius 3 is 1.25 bits per heavy atom. The molecule has 0 bridgehead atoms. The quantitative estimate of drug-likeness (QED) is 0.414. The van der Waals surface area contributed by atoms with Crippen molar-refractivity contribution in [1.82, 2.24) is 0 Å². The number of hydrogen-bond acceptors (Lipinski definition) is 7. The van der Waals surface area contributed by atoms with Crippen LogP contribution in [0, 0.1) is 0 Å². The fourth-order valence-corrected chi connectivity index (χ4v) is 7.34. The zero-order valence-corrected chi connectivity index (χ0v) is 20.1. The van der Waals surface area contributed by atoms with Crippen molar-refractivity contribution in [3.8, 4) is 0 Å². The first-order chi connectivity index (χ1) is 13.6. The fraction of sp³-hybridized carbons (Fsp3) is 0.368. The van der Waals surface area contributed by atoms with Crippen LogP contribution >= 0.6 is 12.6 Å². The Morgan fingerprint density at radius 1 is 0.679 bits per heavy atom. The van der Waals surface area contributed by atoms with E-state index in [1.807, 2.05) is 60.7 Å².